The average Bonchev–Trinajstić information content (AvgIpc) is 3.04. The predicted molar refractivity (Wildman–Crippen MR) is 109 cm³/mol. The summed E-state index contributed by atoms with van der Waals surface area (Å²) in [7, 11) is 1.60. The largest absolute Gasteiger partial charge is 0.332 e. The zero-order valence-corrected chi connectivity index (χ0v) is 16.8. The summed E-state index contributed by atoms with van der Waals surface area (Å²) in [5.74, 6) is 5.73. The van der Waals surface area contributed by atoms with E-state index in [-0.39, 0.29) is 6.54 Å². The first-order valence-electron chi connectivity index (χ1n) is 8.46. The first-order valence-corrected chi connectivity index (χ1v) is 9.25. The first-order chi connectivity index (χ1) is 13.5. The molecule has 0 aliphatic rings. The van der Waals surface area contributed by atoms with Crippen LogP contribution in [0.1, 0.15) is 12.5 Å². The van der Waals surface area contributed by atoms with Gasteiger partial charge in [0, 0.05) is 19.4 Å². The van der Waals surface area contributed by atoms with Crippen molar-refractivity contribution < 1.29 is 0 Å². The van der Waals surface area contributed by atoms with E-state index in [2.05, 4.69) is 42.7 Å². The third kappa shape index (κ3) is 2.92. The van der Waals surface area contributed by atoms with Gasteiger partial charge < -0.3 is 4.57 Å². The van der Waals surface area contributed by atoms with Crippen molar-refractivity contribution in [2.45, 2.75) is 20.0 Å². The topological polar surface area (TPSA) is 87.6 Å². The standard InChI is InChI=1S/C19H15BrN6O2/c1-3-4-9-25-15-16(23-18(25)20)24(2)19(28)26(17(15)27)11-12-5-6-13-14(10-12)22-8-7-21-13/h5-8,10H,9,11H2,1-2H3. The molecule has 3 heterocycles. The number of benzene rings is 1. The fourth-order valence-corrected chi connectivity index (χ4v) is 3.55. The summed E-state index contributed by atoms with van der Waals surface area (Å²) in [5, 5.41) is 0. The van der Waals surface area contributed by atoms with Crippen LogP contribution in [0.15, 0.2) is 44.9 Å². The molecular weight excluding hydrogens is 424 g/mol. The minimum Gasteiger partial charge on any atom is -0.301 e. The van der Waals surface area contributed by atoms with Crippen LogP contribution in [0.3, 0.4) is 0 Å². The number of halogens is 1. The van der Waals surface area contributed by atoms with Crippen molar-refractivity contribution in [3.8, 4) is 11.8 Å². The van der Waals surface area contributed by atoms with Gasteiger partial charge in [-0.1, -0.05) is 12.0 Å². The van der Waals surface area contributed by atoms with Crippen molar-refractivity contribution in [2.75, 3.05) is 0 Å². The number of hydrogen-bond donors (Lipinski definition) is 0. The van der Waals surface area contributed by atoms with E-state index in [0.29, 0.717) is 28.0 Å². The van der Waals surface area contributed by atoms with Crippen LogP contribution < -0.4 is 11.2 Å². The summed E-state index contributed by atoms with van der Waals surface area (Å²) in [6.45, 7) is 2.15. The van der Waals surface area contributed by atoms with Crippen LogP contribution in [-0.4, -0.2) is 28.7 Å². The number of rotatable bonds is 3. The minimum absolute atomic E-state index is 0.121. The van der Waals surface area contributed by atoms with Gasteiger partial charge >= 0.3 is 5.69 Å². The Hall–Kier alpha value is -3.25. The Kier molecular flexibility index (Phi) is 4.57. The molecule has 0 atom stereocenters. The molecule has 0 unspecified atom stereocenters. The molecule has 4 rings (SSSR count). The van der Waals surface area contributed by atoms with Crippen LogP contribution in [0.25, 0.3) is 22.2 Å². The Morgan fingerprint density at radius 2 is 1.86 bits per heavy atom. The second-order valence-electron chi connectivity index (χ2n) is 6.18. The molecule has 0 saturated carbocycles. The Morgan fingerprint density at radius 1 is 1.11 bits per heavy atom. The quantitative estimate of drug-likeness (QED) is 0.358. The van der Waals surface area contributed by atoms with Crippen LogP contribution >= 0.6 is 15.9 Å². The van der Waals surface area contributed by atoms with Crippen molar-refractivity contribution in [3.63, 3.8) is 0 Å². The van der Waals surface area contributed by atoms with Crippen LogP contribution in [0.2, 0.25) is 0 Å². The Balaban J connectivity index is 1.91. The second kappa shape index (κ2) is 7.05. The highest BCUT2D eigenvalue weighted by atomic mass is 79.9. The summed E-state index contributed by atoms with van der Waals surface area (Å²) in [5.41, 5.74) is 2.05. The molecule has 0 amide bonds. The number of imidazole rings is 1. The van der Waals surface area contributed by atoms with E-state index >= 15 is 0 Å². The highest BCUT2D eigenvalue weighted by Crippen LogP contribution is 2.16. The average molecular weight is 439 g/mol. The molecule has 0 bridgehead atoms. The molecule has 0 radical (unpaired) electrons. The maximum absolute atomic E-state index is 13.2. The number of aryl methyl sites for hydroxylation is 1. The van der Waals surface area contributed by atoms with Gasteiger partial charge in [-0.05, 0) is 40.5 Å². The monoisotopic (exact) mass is 438 g/mol. The van der Waals surface area contributed by atoms with Crippen LogP contribution in [0.4, 0.5) is 0 Å². The zero-order chi connectivity index (χ0) is 19.8. The summed E-state index contributed by atoms with van der Waals surface area (Å²) in [6.07, 6.45) is 3.22. The van der Waals surface area contributed by atoms with E-state index in [1.54, 1.807) is 30.9 Å². The predicted octanol–water partition coefficient (Wildman–Crippen LogP) is 1.67. The fraction of sp³-hybridized carbons (Fsp3) is 0.211. The SMILES string of the molecule is CC#CCn1c(Br)nc2c1c(=O)n(Cc1ccc3nccnc3c1)c(=O)n2C. The van der Waals surface area contributed by atoms with E-state index in [0.717, 1.165) is 11.1 Å². The number of fused-ring (bicyclic) bond motifs is 2. The van der Waals surface area contributed by atoms with Crippen molar-refractivity contribution in [2.24, 2.45) is 7.05 Å². The molecule has 3 aromatic heterocycles. The van der Waals surface area contributed by atoms with Crippen LogP contribution in [-0.2, 0) is 20.1 Å². The summed E-state index contributed by atoms with van der Waals surface area (Å²) in [4.78, 5) is 38.8. The lowest BCUT2D eigenvalue weighted by Gasteiger charge is -2.09. The Morgan fingerprint density at radius 3 is 2.61 bits per heavy atom. The van der Waals surface area contributed by atoms with Crippen LogP contribution in [0, 0.1) is 11.8 Å². The molecule has 0 saturated heterocycles. The van der Waals surface area contributed by atoms with Gasteiger partial charge in [0.25, 0.3) is 5.56 Å². The maximum atomic E-state index is 13.2. The molecule has 0 aliphatic carbocycles. The van der Waals surface area contributed by atoms with E-state index in [1.165, 1.54) is 9.13 Å². The molecule has 4 aromatic rings. The van der Waals surface area contributed by atoms with E-state index in [4.69, 9.17) is 0 Å². The van der Waals surface area contributed by atoms with Crippen molar-refractivity contribution in [3.05, 3.63) is 61.7 Å². The molecule has 140 valence electrons. The van der Waals surface area contributed by atoms with Gasteiger partial charge in [0.15, 0.2) is 15.9 Å². The number of hydrogen-bond acceptors (Lipinski definition) is 5. The minimum atomic E-state index is -0.435. The van der Waals surface area contributed by atoms with Gasteiger partial charge in [0.1, 0.15) is 0 Å². The lowest BCUT2D eigenvalue weighted by molar-refractivity contribution is 0.654. The van der Waals surface area contributed by atoms with Gasteiger partial charge in [0.05, 0.1) is 24.1 Å². The van der Waals surface area contributed by atoms with E-state index < -0.39 is 11.2 Å². The smallest absolute Gasteiger partial charge is 0.301 e. The molecule has 0 spiro atoms. The lowest BCUT2D eigenvalue weighted by atomic mass is 10.2. The van der Waals surface area contributed by atoms with Gasteiger partial charge in [-0.3, -0.25) is 23.9 Å². The zero-order valence-electron chi connectivity index (χ0n) is 15.2. The van der Waals surface area contributed by atoms with Crippen molar-refractivity contribution >= 4 is 38.1 Å². The van der Waals surface area contributed by atoms with Crippen molar-refractivity contribution in [1.29, 1.82) is 0 Å². The first kappa shape index (κ1) is 18.1. The van der Waals surface area contributed by atoms with Gasteiger partial charge in [-0.15, -0.1) is 5.92 Å². The molecule has 0 fully saturated rings. The number of nitrogens with zero attached hydrogens (tertiary/aromatic N) is 6. The Labute approximate surface area is 167 Å². The fourth-order valence-electron chi connectivity index (χ4n) is 3.08. The molecule has 28 heavy (non-hydrogen) atoms. The van der Waals surface area contributed by atoms with E-state index in [9.17, 15) is 9.59 Å². The molecule has 8 nitrogen and oxygen atoms in total. The Bertz CT molecular complexity index is 1400. The highest BCUT2D eigenvalue weighted by Gasteiger charge is 2.19. The maximum Gasteiger partial charge on any atom is 0.332 e. The number of aromatic nitrogens is 6. The second-order valence-corrected chi connectivity index (χ2v) is 6.89. The molecular formula is C19H15BrN6O2. The molecule has 1 aromatic carbocycles. The van der Waals surface area contributed by atoms with Gasteiger partial charge in [0.2, 0.25) is 0 Å². The summed E-state index contributed by atoms with van der Waals surface area (Å²) >= 11 is 3.36. The highest BCUT2D eigenvalue weighted by molar-refractivity contribution is 9.10. The lowest BCUT2D eigenvalue weighted by Crippen LogP contribution is -2.40. The van der Waals surface area contributed by atoms with Crippen LogP contribution in [0.5, 0.6) is 0 Å². The molecule has 9 heteroatoms. The molecule has 0 N–H and O–H groups in total. The van der Waals surface area contributed by atoms with Gasteiger partial charge in [-0.2, -0.15) is 0 Å². The van der Waals surface area contributed by atoms with E-state index in [1.807, 2.05) is 18.2 Å². The van der Waals surface area contributed by atoms with Crippen molar-refractivity contribution in [1.82, 2.24) is 28.7 Å². The summed E-state index contributed by atoms with van der Waals surface area (Å²) < 4.78 is 4.69. The summed E-state index contributed by atoms with van der Waals surface area (Å²) in [6, 6.07) is 5.49. The van der Waals surface area contributed by atoms with Gasteiger partial charge in [-0.25, -0.2) is 9.78 Å². The normalized spacial score (nSPS) is 11.0. The third-order valence-electron chi connectivity index (χ3n) is 4.47. The third-order valence-corrected chi connectivity index (χ3v) is 5.08. The molecule has 0 aliphatic heterocycles.